The Morgan fingerprint density at radius 1 is 1.24 bits per heavy atom. The average molecular weight is 234 g/mol. The highest BCUT2D eigenvalue weighted by Crippen LogP contribution is 2.18. The summed E-state index contributed by atoms with van der Waals surface area (Å²) >= 11 is 0. The number of hydrogen-bond donors (Lipinski definition) is 1. The number of aromatic nitrogens is 1. The smallest absolute Gasteiger partial charge is 0.409 e. The third-order valence-corrected chi connectivity index (χ3v) is 2.76. The van der Waals surface area contributed by atoms with Crippen LogP contribution in [0.5, 0.6) is 0 Å². The second-order valence-electron chi connectivity index (χ2n) is 3.70. The van der Waals surface area contributed by atoms with Crippen molar-refractivity contribution in [2.75, 3.05) is 18.0 Å². The third-order valence-electron chi connectivity index (χ3n) is 2.76. The molecular weight excluding hydrogens is 220 g/mol. The maximum absolute atomic E-state index is 11.5. The second kappa shape index (κ2) is 4.45. The maximum atomic E-state index is 11.5. The van der Waals surface area contributed by atoms with Gasteiger partial charge in [-0.1, -0.05) is 0 Å². The molecule has 5 nitrogen and oxygen atoms in total. The second-order valence-corrected chi connectivity index (χ2v) is 3.70. The zero-order chi connectivity index (χ0) is 12.4. The predicted octanol–water partition coefficient (Wildman–Crippen LogP) is 1.33. The van der Waals surface area contributed by atoms with E-state index < -0.39 is 11.3 Å². The van der Waals surface area contributed by atoms with Gasteiger partial charge in [0.05, 0.1) is 5.39 Å². The largest absolute Gasteiger partial charge is 0.419 e. The Hall–Kier alpha value is -2.04. The van der Waals surface area contributed by atoms with Crippen molar-refractivity contribution < 1.29 is 4.42 Å². The molecule has 0 aliphatic rings. The van der Waals surface area contributed by atoms with Gasteiger partial charge in [0, 0.05) is 24.8 Å². The number of H-pyrrole nitrogens is 1. The number of aromatic amines is 1. The van der Waals surface area contributed by atoms with Gasteiger partial charge in [-0.2, -0.15) is 0 Å². The van der Waals surface area contributed by atoms with Crippen molar-refractivity contribution in [2.45, 2.75) is 13.8 Å². The van der Waals surface area contributed by atoms with Gasteiger partial charge < -0.3 is 9.32 Å². The minimum Gasteiger partial charge on any atom is -0.409 e. The van der Waals surface area contributed by atoms with Crippen LogP contribution in [0.1, 0.15) is 13.8 Å². The van der Waals surface area contributed by atoms with E-state index in [1.807, 2.05) is 19.9 Å². The van der Waals surface area contributed by atoms with Crippen LogP contribution < -0.4 is 16.2 Å². The van der Waals surface area contributed by atoms with E-state index >= 15 is 0 Å². The van der Waals surface area contributed by atoms with Crippen molar-refractivity contribution in [1.82, 2.24) is 4.98 Å². The van der Waals surface area contributed by atoms with Crippen molar-refractivity contribution in [3.8, 4) is 0 Å². The number of hydrogen-bond acceptors (Lipinski definition) is 4. The summed E-state index contributed by atoms with van der Waals surface area (Å²) in [7, 11) is 0. The first-order valence-electron chi connectivity index (χ1n) is 5.57. The average Bonchev–Trinajstić information content (AvgIpc) is 2.30. The molecule has 0 aliphatic carbocycles. The van der Waals surface area contributed by atoms with Crippen LogP contribution >= 0.6 is 0 Å². The van der Waals surface area contributed by atoms with Crippen LogP contribution in [0.2, 0.25) is 0 Å². The number of fused-ring (bicyclic) bond motifs is 1. The van der Waals surface area contributed by atoms with E-state index in [1.54, 1.807) is 12.1 Å². The first kappa shape index (κ1) is 11.4. The van der Waals surface area contributed by atoms with Crippen LogP contribution in [0.15, 0.2) is 32.2 Å². The van der Waals surface area contributed by atoms with Gasteiger partial charge in [-0.25, -0.2) is 4.79 Å². The first-order valence-corrected chi connectivity index (χ1v) is 5.57. The zero-order valence-electron chi connectivity index (χ0n) is 9.82. The molecule has 1 aromatic carbocycles. The molecule has 0 amide bonds. The molecule has 0 bridgehead atoms. The number of nitrogens with zero attached hydrogens (tertiary/aromatic N) is 1. The van der Waals surface area contributed by atoms with E-state index in [9.17, 15) is 9.59 Å². The van der Waals surface area contributed by atoms with Crippen molar-refractivity contribution in [3.63, 3.8) is 0 Å². The van der Waals surface area contributed by atoms with Gasteiger partial charge in [-0.15, -0.1) is 0 Å². The Kier molecular flexibility index (Phi) is 2.99. The molecule has 0 unspecified atom stereocenters. The van der Waals surface area contributed by atoms with Crippen LogP contribution in [0, 0.1) is 0 Å². The zero-order valence-corrected chi connectivity index (χ0v) is 9.82. The minimum absolute atomic E-state index is 0.322. The van der Waals surface area contributed by atoms with E-state index in [-0.39, 0.29) is 0 Å². The van der Waals surface area contributed by atoms with E-state index in [0.717, 1.165) is 18.8 Å². The third kappa shape index (κ3) is 2.08. The van der Waals surface area contributed by atoms with E-state index in [1.165, 1.54) is 0 Å². The van der Waals surface area contributed by atoms with Crippen LogP contribution in [-0.4, -0.2) is 18.1 Å². The number of nitrogens with one attached hydrogen (secondary N) is 1. The molecule has 0 radical (unpaired) electrons. The standard InChI is InChI=1S/C12H14N2O3/c1-3-14(4-2)8-5-6-9-10(7-8)17-12(16)13-11(9)15/h5-7H,3-4H2,1-2H3,(H,13,15,16). The highest BCUT2D eigenvalue weighted by atomic mass is 16.4. The fourth-order valence-electron chi connectivity index (χ4n) is 1.85. The lowest BCUT2D eigenvalue weighted by molar-refractivity contribution is 0.528. The molecule has 90 valence electrons. The van der Waals surface area contributed by atoms with Crippen molar-refractivity contribution >= 4 is 16.7 Å². The van der Waals surface area contributed by atoms with E-state index in [2.05, 4.69) is 9.88 Å². The summed E-state index contributed by atoms with van der Waals surface area (Å²) in [6, 6.07) is 5.24. The molecule has 2 aromatic rings. The molecule has 0 saturated carbocycles. The first-order chi connectivity index (χ1) is 8.15. The molecule has 1 N–H and O–H groups in total. The molecule has 0 spiro atoms. The van der Waals surface area contributed by atoms with Crippen molar-refractivity contribution in [1.29, 1.82) is 0 Å². The van der Waals surface area contributed by atoms with Crippen LogP contribution in [0.3, 0.4) is 0 Å². The maximum Gasteiger partial charge on any atom is 0.419 e. The number of benzene rings is 1. The molecule has 2 rings (SSSR count). The molecule has 0 atom stereocenters. The molecular formula is C12H14N2O3. The monoisotopic (exact) mass is 234 g/mol. The molecule has 5 heteroatoms. The summed E-state index contributed by atoms with van der Waals surface area (Å²) in [5, 5.41) is 0.389. The van der Waals surface area contributed by atoms with E-state index in [0.29, 0.717) is 11.0 Å². The molecule has 0 fully saturated rings. The lowest BCUT2D eigenvalue weighted by Crippen LogP contribution is -2.22. The van der Waals surface area contributed by atoms with Gasteiger partial charge in [0.25, 0.3) is 5.56 Å². The highest BCUT2D eigenvalue weighted by molar-refractivity contribution is 5.79. The van der Waals surface area contributed by atoms with Gasteiger partial charge >= 0.3 is 5.76 Å². The summed E-state index contributed by atoms with van der Waals surface area (Å²) in [6.07, 6.45) is 0. The van der Waals surface area contributed by atoms with Crippen LogP contribution in [0.25, 0.3) is 11.0 Å². The Morgan fingerprint density at radius 3 is 2.59 bits per heavy atom. The number of anilines is 1. The summed E-state index contributed by atoms with van der Waals surface area (Å²) in [4.78, 5) is 26.8. The van der Waals surface area contributed by atoms with Crippen molar-refractivity contribution in [2.24, 2.45) is 0 Å². The fourth-order valence-corrected chi connectivity index (χ4v) is 1.85. The normalized spacial score (nSPS) is 10.7. The Morgan fingerprint density at radius 2 is 1.94 bits per heavy atom. The fraction of sp³-hybridized carbons (Fsp3) is 0.333. The summed E-state index contributed by atoms with van der Waals surface area (Å²) < 4.78 is 4.98. The lowest BCUT2D eigenvalue weighted by atomic mass is 10.2. The highest BCUT2D eigenvalue weighted by Gasteiger charge is 2.07. The molecule has 0 saturated heterocycles. The van der Waals surface area contributed by atoms with Crippen LogP contribution in [0.4, 0.5) is 5.69 Å². The van der Waals surface area contributed by atoms with Crippen LogP contribution in [-0.2, 0) is 0 Å². The molecule has 1 heterocycles. The summed E-state index contributed by atoms with van der Waals surface area (Å²) in [6.45, 7) is 5.80. The van der Waals surface area contributed by atoms with Gasteiger partial charge in [0.1, 0.15) is 5.58 Å². The molecule has 1 aromatic heterocycles. The Labute approximate surface area is 97.7 Å². The van der Waals surface area contributed by atoms with Gasteiger partial charge in [0.15, 0.2) is 0 Å². The Bertz CT molecular complexity index is 638. The van der Waals surface area contributed by atoms with Crippen molar-refractivity contribution in [3.05, 3.63) is 39.1 Å². The minimum atomic E-state index is -0.723. The van der Waals surface area contributed by atoms with Gasteiger partial charge in [0.2, 0.25) is 0 Å². The van der Waals surface area contributed by atoms with Gasteiger partial charge in [-0.05, 0) is 26.0 Å². The lowest BCUT2D eigenvalue weighted by Gasteiger charge is -2.20. The predicted molar refractivity (Wildman–Crippen MR) is 66.7 cm³/mol. The SMILES string of the molecule is CCN(CC)c1ccc2c(=O)[nH]c(=O)oc2c1. The Balaban J connectivity index is 2.65. The summed E-state index contributed by atoms with van der Waals surface area (Å²) in [5.41, 5.74) is 0.849. The molecule has 17 heavy (non-hydrogen) atoms. The number of rotatable bonds is 3. The topological polar surface area (TPSA) is 66.3 Å². The quantitative estimate of drug-likeness (QED) is 0.870. The summed E-state index contributed by atoms with van der Waals surface area (Å²) in [5.74, 6) is -0.723. The van der Waals surface area contributed by atoms with Gasteiger partial charge in [-0.3, -0.25) is 9.78 Å². The van der Waals surface area contributed by atoms with E-state index in [4.69, 9.17) is 4.42 Å². The molecule has 0 aliphatic heterocycles.